The molecular formula is C25H33ClN6O4S. The Balaban J connectivity index is 1.75. The van der Waals surface area contributed by atoms with Crippen LogP contribution in [0.2, 0.25) is 5.02 Å². The van der Waals surface area contributed by atoms with Gasteiger partial charge in [-0.2, -0.15) is 15.0 Å². The van der Waals surface area contributed by atoms with Crippen LogP contribution in [0.4, 0.5) is 11.6 Å². The van der Waals surface area contributed by atoms with Crippen molar-refractivity contribution in [1.82, 2.24) is 20.3 Å². The van der Waals surface area contributed by atoms with Crippen LogP contribution in [0.5, 0.6) is 22.7 Å². The molecule has 0 atom stereocenters. The second kappa shape index (κ2) is 12.9. The average Bonchev–Trinajstić information content (AvgIpc) is 3.32. The molecule has 3 N–H and O–H groups in total. The Morgan fingerprint density at radius 1 is 1.05 bits per heavy atom. The van der Waals surface area contributed by atoms with Gasteiger partial charge >= 0.3 is 0 Å². The number of halogens is 1. The third-order valence-electron chi connectivity index (χ3n) is 5.26. The first-order valence-corrected chi connectivity index (χ1v) is 13.1. The van der Waals surface area contributed by atoms with Gasteiger partial charge in [-0.3, -0.25) is 4.79 Å². The number of nitrogens with one attached hydrogen (secondary N) is 3. The summed E-state index contributed by atoms with van der Waals surface area (Å²) in [4.78, 5) is 26.0. The molecule has 0 fully saturated rings. The minimum atomic E-state index is -0.483. The van der Waals surface area contributed by atoms with Crippen molar-refractivity contribution in [3.05, 3.63) is 39.4 Å². The van der Waals surface area contributed by atoms with Gasteiger partial charge in [0.2, 0.25) is 17.7 Å². The van der Waals surface area contributed by atoms with Gasteiger partial charge in [0.25, 0.3) is 11.1 Å². The molecule has 1 amide bonds. The van der Waals surface area contributed by atoms with Gasteiger partial charge in [-0.15, -0.1) is 0 Å². The van der Waals surface area contributed by atoms with Crippen LogP contribution in [0.1, 0.15) is 55.2 Å². The number of thiazole rings is 1. The van der Waals surface area contributed by atoms with E-state index in [1.807, 2.05) is 19.1 Å². The van der Waals surface area contributed by atoms with E-state index in [0.717, 1.165) is 17.7 Å². The Morgan fingerprint density at radius 3 is 2.32 bits per heavy atom. The highest BCUT2D eigenvalue weighted by Gasteiger charge is 2.21. The first-order valence-electron chi connectivity index (χ1n) is 11.8. The summed E-state index contributed by atoms with van der Waals surface area (Å²) in [5.41, 5.74) is 2.22. The predicted molar refractivity (Wildman–Crippen MR) is 147 cm³/mol. The molecule has 0 aliphatic rings. The molecular weight excluding hydrogens is 516 g/mol. The third kappa shape index (κ3) is 7.43. The maximum Gasteiger partial charge on any atom is 0.279 e. The van der Waals surface area contributed by atoms with Crippen molar-refractivity contribution >= 4 is 40.5 Å². The van der Waals surface area contributed by atoms with Gasteiger partial charge in [-0.1, -0.05) is 50.6 Å². The normalized spacial score (nSPS) is 11.1. The summed E-state index contributed by atoms with van der Waals surface area (Å²) in [6.45, 7) is 11.5. The van der Waals surface area contributed by atoms with Crippen molar-refractivity contribution < 1.29 is 19.0 Å². The molecule has 2 heterocycles. The van der Waals surface area contributed by atoms with Gasteiger partial charge < -0.3 is 30.2 Å². The molecule has 3 aromatic rings. The van der Waals surface area contributed by atoms with Gasteiger partial charge in [0.15, 0.2) is 5.69 Å². The first kappa shape index (κ1) is 28.4. The summed E-state index contributed by atoms with van der Waals surface area (Å²) in [6, 6.07) is 4.14. The standard InChI is InChI=1S/C25H33ClN6O4S/c1-13(2)16-11-19(15(5)10-17(16)26)36-25-29-18(12-37-25)21(33)30-20-22(34-6)31-24(32-23(20)35-7)28-9-8-27-14(3)4/h10-14,27H,8-9H2,1-7H3,(H,30,33)(H,28,31,32). The van der Waals surface area contributed by atoms with E-state index in [-0.39, 0.29) is 29.1 Å². The fourth-order valence-corrected chi connectivity index (χ4v) is 4.44. The molecule has 0 saturated heterocycles. The second-order valence-corrected chi connectivity index (χ2v) is 10.1. The van der Waals surface area contributed by atoms with Crippen LogP contribution in [-0.4, -0.2) is 54.2 Å². The monoisotopic (exact) mass is 548 g/mol. The highest BCUT2D eigenvalue weighted by atomic mass is 35.5. The number of anilines is 2. The average molecular weight is 549 g/mol. The van der Waals surface area contributed by atoms with Gasteiger partial charge in [0.05, 0.1) is 14.2 Å². The molecule has 0 bridgehead atoms. The number of hydrogen-bond donors (Lipinski definition) is 3. The summed E-state index contributed by atoms with van der Waals surface area (Å²) in [6.07, 6.45) is 0. The van der Waals surface area contributed by atoms with Crippen molar-refractivity contribution in [3.8, 4) is 22.7 Å². The number of ether oxygens (including phenoxy) is 3. The summed E-state index contributed by atoms with van der Waals surface area (Å²) < 4.78 is 16.8. The van der Waals surface area contributed by atoms with E-state index in [0.29, 0.717) is 34.5 Å². The van der Waals surface area contributed by atoms with Crippen molar-refractivity contribution in [1.29, 1.82) is 0 Å². The molecule has 1 aromatic carbocycles. The van der Waals surface area contributed by atoms with Crippen LogP contribution >= 0.6 is 22.9 Å². The van der Waals surface area contributed by atoms with Crippen LogP contribution in [0.25, 0.3) is 0 Å². The fourth-order valence-electron chi connectivity index (χ4n) is 3.34. The zero-order chi connectivity index (χ0) is 27.1. The maximum absolute atomic E-state index is 13.0. The van der Waals surface area contributed by atoms with Crippen molar-refractivity contribution in [2.75, 3.05) is 37.9 Å². The Kier molecular flexibility index (Phi) is 9.90. The SMILES string of the molecule is COc1nc(NCCNC(C)C)nc(OC)c1NC(=O)c1csc(Oc2cc(C(C)C)c(Cl)cc2C)n1. The molecule has 0 saturated carbocycles. The molecule has 10 nitrogen and oxygen atoms in total. The van der Waals surface area contributed by atoms with E-state index < -0.39 is 5.91 Å². The molecule has 12 heteroatoms. The summed E-state index contributed by atoms with van der Waals surface area (Å²) in [7, 11) is 2.91. The van der Waals surface area contributed by atoms with Crippen LogP contribution < -0.4 is 30.2 Å². The van der Waals surface area contributed by atoms with E-state index in [1.165, 1.54) is 25.6 Å². The van der Waals surface area contributed by atoms with Crippen LogP contribution in [0, 0.1) is 6.92 Å². The zero-order valence-corrected chi connectivity index (χ0v) is 23.6. The summed E-state index contributed by atoms with van der Waals surface area (Å²) >= 11 is 7.57. The molecule has 0 spiro atoms. The molecule has 3 rings (SSSR count). The lowest BCUT2D eigenvalue weighted by Crippen LogP contribution is -2.28. The van der Waals surface area contributed by atoms with Gasteiger partial charge in [-0.25, -0.2) is 0 Å². The van der Waals surface area contributed by atoms with E-state index in [9.17, 15) is 4.79 Å². The zero-order valence-electron chi connectivity index (χ0n) is 22.1. The van der Waals surface area contributed by atoms with E-state index in [2.05, 4.69) is 58.6 Å². The molecule has 0 aliphatic carbocycles. The summed E-state index contributed by atoms with van der Waals surface area (Å²) in [5, 5.41) is 11.8. The van der Waals surface area contributed by atoms with E-state index >= 15 is 0 Å². The Hall–Kier alpha value is -3.15. The van der Waals surface area contributed by atoms with Crippen LogP contribution in [-0.2, 0) is 0 Å². The number of amides is 1. The topological polar surface area (TPSA) is 120 Å². The molecule has 2 aromatic heterocycles. The number of carbonyl (C=O) groups excluding carboxylic acids is 1. The number of carbonyl (C=O) groups is 1. The van der Waals surface area contributed by atoms with Crippen molar-refractivity contribution in [2.24, 2.45) is 0 Å². The highest BCUT2D eigenvalue weighted by Crippen LogP contribution is 2.36. The Labute approximate surface area is 226 Å². The number of benzene rings is 1. The Bertz CT molecular complexity index is 1210. The number of nitrogens with zero attached hydrogens (tertiary/aromatic N) is 3. The molecule has 37 heavy (non-hydrogen) atoms. The minimum Gasteiger partial charge on any atom is -0.479 e. The second-order valence-electron chi connectivity index (χ2n) is 8.83. The third-order valence-corrected chi connectivity index (χ3v) is 6.30. The van der Waals surface area contributed by atoms with Crippen molar-refractivity contribution in [3.63, 3.8) is 0 Å². The van der Waals surface area contributed by atoms with Crippen LogP contribution in [0.15, 0.2) is 17.5 Å². The van der Waals surface area contributed by atoms with Gasteiger partial charge in [0.1, 0.15) is 11.4 Å². The Morgan fingerprint density at radius 2 is 1.73 bits per heavy atom. The maximum atomic E-state index is 13.0. The number of rotatable bonds is 12. The lowest BCUT2D eigenvalue weighted by molar-refractivity contribution is 0.102. The van der Waals surface area contributed by atoms with Gasteiger partial charge in [0, 0.05) is 29.5 Å². The lowest BCUT2D eigenvalue weighted by atomic mass is 10.0. The van der Waals surface area contributed by atoms with Crippen molar-refractivity contribution in [2.45, 2.75) is 46.6 Å². The largest absolute Gasteiger partial charge is 0.479 e. The quantitative estimate of drug-likeness (QED) is 0.252. The smallest absolute Gasteiger partial charge is 0.279 e. The highest BCUT2D eigenvalue weighted by molar-refractivity contribution is 7.11. The van der Waals surface area contributed by atoms with E-state index in [4.69, 9.17) is 25.8 Å². The predicted octanol–water partition coefficient (Wildman–Crippen LogP) is 5.49. The molecule has 200 valence electrons. The minimum absolute atomic E-state index is 0.157. The number of aryl methyl sites for hydroxylation is 1. The number of methoxy groups -OCH3 is 2. The molecule has 0 aliphatic heterocycles. The first-order chi connectivity index (χ1) is 17.6. The molecule has 0 radical (unpaired) electrons. The number of aromatic nitrogens is 3. The van der Waals surface area contributed by atoms with Gasteiger partial charge in [-0.05, 0) is 36.1 Å². The number of hydrogen-bond acceptors (Lipinski definition) is 10. The lowest BCUT2D eigenvalue weighted by Gasteiger charge is -2.15. The molecule has 0 unspecified atom stereocenters. The fraction of sp³-hybridized carbons (Fsp3) is 0.440. The van der Waals surface area contributed by atoms with E-state index in [1.54, 1.807) is 5.38 Å². The summed E-state index contributed by atoms with van der Waals surface area (Å²) in [5.74, 6) is 1.02. The van der Waals surface area contributed by atoms with Crippen LogP contribution in [0.3, 0.4) is 0 Å².